The summed E-state index contributed by atoms with van der Waals surface area (Å²) < 4.78 is 95.5. The summed E-state index contributed by atoms with van der Waals surface area (Å²) in [6.07, 6.45) is -11.6. The van der Waals surface area contributed by atoms with Crippen LogP contribution in [0.3, 0.4) is 0 Å². The molecule has 0 radical (unpaired) electrons. The standard InChI is InChI=1S/C35H44F6O3Si/c1-30(2,3)26-22-33(24-16-12-10-13-17-24,23-27(28(26)42)31(4,5)6)20-21-43-45(32(7,8)9,25-18-14-11-15-19-25)44-29(34(36,37)38)35(39,40)41/h10-19,22-23,29H,20-21H2,1-9H3. The molecular formula is C35H44F6O3Si. The molecule has 0 bridgehead atoms. The highest BCUT2D eigenvalue weighted by molar-refractivity contribution is 6.83. The van der Waals surface area contributed by atoms with Gasteiger partial charge in [0.2, 0.25) is 6.10 Å². The Bertz CT molecular complexity index is 1340. The number of alkyl halides is 6. The lowest BCUT2D eigenvalue weighted by Gasteiger charge is -2.45. The van der Waals surface area contributed by atoms with Crippen molar-refractivity contribution in [1.29, 1.82) is 0 Å². The molecule has 0 fully saturated rings. The van der Waals surface area contributed by atoms with Gasteiger partial charge in [0.1, 0.15) is 0 Å². The lowest BCUT2D eigenvalue weighted by molar-refractivity contribution is -0.305. The van der Waals surface area contributed by atoms with E-state index in [0.29, 0.717) is 11.1 Å². The minimum Gasteiger partial charge on any atom is -0.391 e. The van der Waals surface area contributed by atoms with Crippen molar-refractivity contribution < 1.29 is 40.0 Å². The number of Topliss-reactive ketones (excluding diaryl/α,β-unsaturated/α-hetero) is 1. The topological polar surface area (TPSA) is 35.5 Å². The third kappa shape index (κ3) is 8.00. The lowest BCUT2D eigenvalue weighted by Crippen LogP contribution is -2.65. The van der Waals surface area contributed by atoms with Crippen molar-refractivity contribution in [2.75, 3.05) is 6.61 Å². The first-order valence-electron chi connectivity index (χ1n) is 14.9. The number of hydrogen-bond acceptors (Lipinski definition) is 3. The highest BCUT2D eigenvalue weighted by Gasteiger charge is 2.64. The maximum absolute atomic E-state index is 14.0. The van der Waals surface area contributed by atoms with E-state index in [9.17, 15) is 31.1 Å². The number of halogens is 6. The molecule has 0 aliphatic heterocycles. The maximum Gasteiger partial charge on any atom is 0.422 e. The second-order valence-electron chi connectivity index (χ2n) is 14.8. The molecule has 248 valence electrons. The number of allylic oxidation sites excluding steroid dienone is 4. The highest BCUT2D eigenvalue weighted by atomic mass is 28.4. The first-order valence-corrected chi connectivity index (χ1v) is 16.7. The number of carbonyl (C=O) groups is 1. The third-order valence-electron chi connectivity index (χ3n) is 8.06. The summed E-state index contributed by atoms with van der Waals surface area (Å²) in [5.74, 6) is -0.0910. The molecule has 3 nitrogen and oxygen atoms in total. The number of rotatable bonds is 8. The SMILES string of the molecule is CC(C)(C)C1=CC(CCO[Si](OC(C(F)(F)F)C(F)(F)F)(c2ccccc2)C(C)(C)C)(c2ccccc2)C=C(C(C)(C)C)C1=O. The van der Waals surface area contributed by atoms with E-state index in [1.165, 1.54) is 32.9 Å². The van der Waals surface area contributed by atoms with Crippen LogP contribution in [-0.4, -0.2) is 39.4 Å². The van der Waals surface area contributed by atoms with E-state index >= 15 is 0 Å². The van der Waals surface area contributed by atoms with Crippen LogP contribution < -0.4 is 5.19 Å². The average molecular weight is 655 g/mol. The van der Waals surface area contributed by atoms with Gasteiger partial charge in [0, 0.05) is 28.2 Å². The Morgan fingerprint density at radius 3 is 1.49 bits per heavy atom. The van der Waals surface area contributed by atoms with E-state index < -0.39 is 48.3 Å². The molecule has 0 saturated carbocycles. The van der Waals surface area contributed by atoms with Gasteiger partial charge in [0.25, 0.3) is 0 Å². The number of ketones is 1. The molecule has 1 aliphatic carbocycles. The van der Waals surface area contributed by atoms with E-state index in [1.807, 2.05) is 84.0 Å². The fourth-order valence-electron chi connectivity index (χ4n) is 5.67. The van der Waals surface area contributed by atoms with Gasteiger partial charge in [-0.3, -0.25) is 4.79 Å². The Morgan fingerprint density at radius 1 is 0.689 bits per heavy atom. The van der Waals surface area contributed by atoms with Crippen LogP contribution >= 0.6 is 0 Å². The molecule has 0 saturated heterocycles. The first kappa shape index (κ1) is 36.8. The zero-order chi connectivity index (χ0) is 34.3. The van der Waals surface area contributed by atoms with Crippen molar-refractivity contribution >= 4 is 19.5 Å². The Balaban J connectivity index is 2.24. The molecule has 45 heavy (non-hydrogen) atoms. The summed E-state index contributed by atoms with van der Waals surface area (Å²) in [7, 11) is -4.54. The van der Waals surface area contributed by atoms with Gasteiger partial charge in [-0.1, -0.05) is 135 Å². The molecule has 0 heterocycles. The summed E-state index contributed by atoms with van der Waals surface area (Å²) >= 11 is 0. The molecule has 3 rings (SSSR count). The smallest absolute Gasteiger partial charge is 0.391 e. The second-order valence-corrected chi connectivity index (χ2v) is 18.6. The molecule has 1 aliphatic rings. The monoisotopic (exact) mass is 654 g/mol. The van der Waals surface area contributed by atoms with Gasteiger partial charge in [-0.2, -0.15) is 26.3 Å². The predicted molar refractivity (Wildman–Crippen MR) is 167 cm³/mol. The maximum atomic E-state index is 14.0. The van der Waals surface area contributed by atoms with Crippen molar-refractivity contribution in [3.8, 4) is 0 Å². The highest BCUT2D eigenvalue weighted by Crippen LogP contribution is 2.48. The number of hydrogen-bond donors (Lipinski definition) is 0. The van der Waals surface area contributed by atoms with Crippen LogP contribution in [0.4, 0.5) is 26.3 Å². The summed E-state index contributed by atoms with van der Waals surface area (Å²) in [5.41, 5.74) is -0.0727. The molecular weight excluding hydrogens is 610 g/mol. The zero-order valence-electron chi connectivity index (χ0n) is 27.4. The van der Waals surface area contributed by atoms with Gasteiger partial charge in [-0.05, 0) is 28.0 Å². The van der Waals surface area contributed by atoms with Crippen LogP contribution in [0.25, 0.3) is 0 Å². The van der Waals surface area contributed by atoms with Crippen LogP contribution in [0, 0.1) is 10.8 Å². The second kappa shape index (κ2) is 12.5. The number of carbonyl (C=O) groups excluding carboxylic acids is 1. The van der Waals surface area contributed by atoms with Gasteiger partial charge in [-0.15, -0.1) is 0 Å². The van der Waals surface area contributed by atoms with Crippen molar-refractivity contribution in [1.82, 2.24) is 0 Å². The van der Waals surface area contributed by atoms with Gasteiger partial charge < -0.3 is 8.85 Å². The summed E-state index contributed by atoms with van der Waals surface area (Å²) in [5, 5.41) is -1.11. The van der Waals surface area contributed by atoms with E-state index in [4.69, 9.17) is 8.85 Å². The molecule has 1 atom stereocenters. The predicted octanol–water partition coefficient (Wildman–Crippen LogP) is 9.52. The van der Waals surface area contributed by atoms with Crippen LogP contribution in [0.1, 0.15) is 74.3 Å². The fourth-order valence-corrected chi connectivity index (χ4v) is 9.31. The quantitative estimate of drug-likeness (QED) is 0.210. The van der Waals surface area contributed by atoms with Gasteiger partial charge in [0.15, 0.2) is 5.78 Å². The van der Waals surface area contributed by atoms with Gasteiger partial charge in [0.05, 0.1) is 0 Å². The van der Waals surface area contributed by atoms with Gasteiger partial charge >= 0.3 is 20.9 Å². The van der Waals surface area contributed by atoms with Crippen LogP contribution in [0.5, 0.6) is 0 Å². The molecule has 2 aromatic rings. The molecule has 10 heteroatoms. The fraction of sp³-hybridized carbons (Fsp3) is 0.514. The van der Waals surface area contributed by atoms with E-state index in [0.717, 1.165) is 5.56 Å². The average Bonchev–Trinajstić information content (AvgIpc) is 2.89. The normalized spacial score (nSPS) is 18.0. The Labute approximate surface area is 264 Å². The summed E-state index contributed by atoms with van der Waals surface area (Å²) in [4.78, 5) is 13.8. The zero-order valence-corrected chi connectivity index (χ0v) is 28.4. The summed E-state index contributed by atoms with van der Waals surface area (Å²) in [6, 6.07) is 17.0. The molecule has 0 amide bonds. The Kier molecular flexibility index (Phi) is 10.2. The van der Waals surface area contributed by atoms with E-state index in [2.05, 4.69) is 0 Å². The van der Waals surface area contributed by atoms with E-state index in [-0.39, 0.29) is 24.0 Å². The molecule has 0 N–H and O–H groups in total. The molecule has 0 aromatic heterocycles. The first-order chi connectivity index (χ1) is 20.4. The largest absolute Gasteiger partial charge is 0.422 e. The van der Waals surface area contributed by atoms with E-state index in [1.54, 1.807) is 18.2 Å². The van der Waals surface area contributed by atoms with Crippen molar-refractivity contribution in [3.05, 3.63) is 89.5 Å². The minimum atomic E-state index is -5.72. The van der Waals surface area contributed by atoms with Gasteiger partial charge in [-0.25, -0.2) is 0 Å². The lowest BCUT2D eigenvalue weighted by atomic mass is 9.63. The van der Waals surface area contributed by atoms with Crippen molar-refractivity contribution in [2.24, 2.45) is 10.8 Å². The molecule has 2 aromatic carbocycles. The van der Waals surface area contributed by atoms with Crippen molar-refractivity contribution in [3.63, 3.8) is 0 Å². The van der Waals surface area contributed by atoms with Crippen LogP contribution in [0.2, 0.25) is 5.04 Å². The number of benzene rings is 2. The molecule has 0 spiro atoms. The summed E-state index contributed by atoms with van der Waals surface area (Å²) in [6.45, 7) is 16.0. The third-order valence-corrected chi connectivity index (χ3v) is 12.3. The molecule has 1 unspecified atom stereocenters. The van der Waals surface area contributed by atoms with Crippen LogP contribution in [0.15, 0.2) is 84.0 Å². The van der Waals surface area contributed by atoms with Crippen LogP contribution in [-0.2, 0) is 19.1 Å². The minimum absolute atomic E-state index is 0.0910. The van der Waals surface area contributed by atoms with Crippen molar-refractivity contribution in [2.45, 2.75) is 97.6 Å². The Morgan fingerprint density at radius 2 is 1.11 bits per heavy atom. The Hall–Kier alpha value is -2.69.